The summed E-state index contributed by atoms with van der Waals surface area (Å²) in [5.41, 5.74) is 1.99. The first-order valence-corrected chi connectivity index (χ1v) is 5.80. The third-order valence-electron chi connectivity index (χ3n) is 1.67. The fourth-order valence-electron chi connectivity index (χ4n) is 0.876. The van der Waals surface area contributed by atoms with Crippen molar-refractivity contribution in [1.29, 1.82) is 0 Å². The summed E-state index contributed by atoms with van der Waals surface area (Å²) in [6, 6.07) is 0. The molecule has 0 unspecified atom stereocenters. The number of nitrogens with zero attached hydrogens (tertiary/aromatic N) is 1. The van der Waals surface area contributed by atoms with Crippen LogP contribution in [0.5, 0.6) is 0 Å². The Morgan fingerprint density at radius 2 is 2.36 bits per heavy atom. The zero-order valence-electron chi connectivity index (χ0n) is 8.63. The van der Waals surface area contributed by atoms with E-state index in [9.17, 15) is 0 Å². The maximum atomic E-state index is 5.13. The summed E-state index contributed by atoms with van der Waals surface area (Å²) in [7, 11) is 0. The lowest BCUT2D eigenvalue weighted by atomic mass is 10.2. The van der Waals surface area contributed by atoms with Crippen LogP contribution in [0.25, 0.3) is 0 Å². The van der Waals surface area contributed by atoms with Crippen LogP contribution in [0.2, 0.25) is 0 Å². The number of aromatic nitrogens is 1. The van der Waals surface area contributed by atoms with E-state index in [1.54, 1.807) is 0 Å². The molecule has 0 aliphatic carbocycles. The zero-order chi connectivity index (χ0) is 10.6. The zero-order valence-corrected chi connectivity index (χ0v) is 10.3. The molecule has 1 aromatic heterocycles. The lowest BCUT2D eigenvalue weighted by molar-refractivity contribution is 0.627. The second-order valence-corrected chi connectivity index (χ2v) is 4.58. The molecule has 0 saturated carbocycles. The number of aryl methyl sites for hydroxylation is 1. The summed E-state index contributed by atoms with van der Waals surface area (Å²) in [6.07, 6.45) is 0. The van der Waals surface area contributed by atoms with Crippen molar-refractivity contribution in [1.82, 2.24) is 9.69 Å². The van der Waals surface area contributed by atoms with E-state index in [0.717, 1.165) is 17.9 Å². The highest BCUT2D eigenvalue weighted by Gasteiger charge is 2.03. The Bertz CT molecular complexity index is 307. The molecule has 0 aromatic carbocycles. The van der Waals surface area contributed by atoms with E-state index < -0.39 is 0 Å². The molecular weight excluding hydrogens is 214 g/mol. The van der Waals surface area contributed by atoms with Crippen LogP contribution in [0, 0.1) is 12.8 Å². The summed E-state index contributed by atoms with van der Waals surface area (Å²) >= 11 is 6.57. The molecule has 3 nitrogen and oxygen atoms in total. The lowest BCUT2D eigenvalue weighted by Gasteiger charge is -2.11. The molecule has 0 amide bonds. The SMILES string of the molecule is Cc1nscc1NC(=S)NCC(C)C. The molecule has 2 N–H and O–H groups in total. The standard InChI is InChI=1S/C9H15N3S2/c1-6(2)4-10-9(13)11-8-5-14-12-7(8)3/h5-6H,4H2,1-3H3,(H2,10,11,13). The first kappa shape index (κ1) is 11.4. The lowest BCUT2D eigenvalue weighted by Crippen LogP contribution is -2.31. The van der Waals surface area contributed by atoms with Crippen molar-refractivity contribution in [3.8, 4) is 0 Å². The van der Waals surface area contributed by atoms with Crippen LogP contribution in [-0.2, 0) is 0 Å². The molecule has 1 aromatic rings. The molecule has 0 spiro atoms. The minimum atomic E-state index is 0.594. The van der Waals surface area contributed by atoms with E-state index in [-0.39, 0.29) is 0 Å². The molecule has 1 heterocycles. The van der Waals surface area contributed by atoms with E-state index in [4.69, 9.17) is 12.2 Å². The first-order valence-electron chi connectivity index (χ1n) is 4.55. The minimum Gasteiger partial charge on any atom is -0.362 e. The highest BCUT2D eigenvalue weighted by molar-refractivity contribution is 7.80. The molecule has 5 heteroatoms. The molecule has 0 fully saturated rings. The van der Waals surface area contributed by atoms with Crippen molar-refractivity contribution >= 4 is 34.6 Å². The Morgan fingerprint density at radius 1 is 1.64 bits per heavy atom. The normalized spacial score (nSPS) is 10.3. The summed E-state index contributed by atoms with van der Waals surface area (Å²) in [5, 5.41) is 8.88. The van der Waals surface area contributed by atoms with Gasteiger partial charge in [0.1, 0.15) is 0 Å². The highest BCUT2D eigenvalue weighted by Crippen LogP contribution is 2.14. The highest BCUT2D eigenvalue weighted by atomic mass is 32.1. The van der Waals surface area contributed by atoms with Gasteiger partial charge in [0.05, 0.1) is 11.4 Å². The number of thiocarbonyl (C=S) groups is 1. The fraction of sp³-hybridized carbons (Fsp3) is 0.556. The van der Waals surface area contributed by atoms with Crippen LogP contribution in [-0.4, -0.2) is 16.0 Å². The van der Waals surface area contributed by atoms with Crippen LogP contribution in [0.1, 0.15) is 19.5 Å². The molecule has 0 aliphatic rings. The van der Waals surface area contributed by atoms with Gasteiger partial charge in [0.25, 0.3) is 0 Å². The number of rotatable bonds is 3. The molecule has 0 atom stereocenters. The minimum absolute atomic E-state index is 0.594. The van der Waals surface area contributed by atoms with Crippen molar-refractivity contribution in [3.05, 3.63) is 11.1 Å². The van der Waals surface area contributed by atoms with E-state index >= 15 is 0 Å². The maximum absolute atomic E-state index is 5.13. The van der Waals surface area contributed by atoms with Crippen molar-refractivity contribution in [3.63, 3.8) is 0 Å². The summed E-state index contributed by atoms with van der Waals surface area (Å²) in [6.45, 7) is 7.15. The van der Waals surface area contributed by atoms with Crippen LogP contribution in [0.15, 0.2) is 5.38 Å². The van der Waals surface area contributed by atoms with E-state index in [0.29, 0.717) is 11.0 Å². The van der Waals surface area contributed by atoms with Gasteiger partial charge in [0.2, 0.25) is 0 Å². The Morgan fingerprint density at radius 3 is 2.86 bits per heavy atom. The Labute approximate surface area is 94.1 Å². The van der Waals surface area contributed by atoms with E-state index in [2.05, 4.69) is 28.9 Å². The smallest absolute Gasteiger partial charge is 0.170 e. The number of nitrogens with one attached hydrogen (secondary N) is 2. The molecule has 14 heavy (non-hydrogen) atoms. The summed E-state index contributed by atoms with van der Waals surface area (Å²) in [5.74, 6) is 0.594. The average molecular weight is 229 g/mol. The van der Waals surface area contributed by atoms with Gasteiger partial charge < -0.3 is 10.6 Å². The second kappa shape index (κ2) is 5.26. The topological polar surface area (TPSA) is 37.0 Å². The van der Waals surface area contributed by atoms with Gasteiger partial charge in [-0.15, -0.1) is 0 Å². The Balaban J connectivity index is 2.38. The predicted octanol–water partition coefficient (Wildman–Crippen LogP) is 2.39. The van der Waals surface area contributed by atoms with Gasteiger partial charge >= 0.3 is 0 Å². The maximum Gasteiger partial charge on any atom is 0.170 e. The molecule has 0 aliphatic heterocycles. The predicted molar refractivity (Wildman–Crippen MR) is 65.9 cm³/mol. The largest absolute Gasteiger partial charge is 0.362 e. The van der Waals surface area contributed by atoms with Gasteiger partial charge in [0.15, 0.2) is 5.11 Å². The summed E-state index contributed by atoms with van der Waals surface area (Å²) in [4.78, 5) is 0. The number of hydrogen-bond acceptors (Lipinski definition) is 3. The van der Waals surface area contributed by atoms with Crippen molar-refractivity contribution in [2.24, 2.45) is 5.92 Å². The average Bonchev–Trinajstić information content (AvgIpc) is 2.49. The quantitative estimate of drug-likeness (QED) is 0.780. The first-order chi connectivity index (χ1) is 6.59. The van der Waals surface area contributed by atoms with E-state index in [1.807, 2.05) is 12.3 Å². The molecule has 0 bridgehead atoms. The van der Waals surface area contributed by atoms with Gasteiger partial charge in [0, 0.05) is 11.9 Å². The molecule has 78 valence electrons. The fourth-order valence-corrected chi connectivity index (χ4v) is 1.71. The van der Waals surface area contributed by atoms with Crippen molar-refractivity contribution in [2.75, 3.05) is 11.9 Å². The van der Waals surface area contributed by atoms with Crippen LogP contribution >= 0.6 is 23.8 Å². The Kier molecular flexibility index (Phi) is 4.28. The Hall–Kier alpha value is -0.680. The van der Waals surface area contributed by atoms with Crippen molar-refractivity contribution < 1.29 is 0 Å². The van der Waals surface area contributed by atoms with Crippen LogP contribution < -0.4 is 10.6 Å². The van der Waals surface area contributed by atoms with Crippen LogP contribution in [0.3, 0.4) is 0 Å². The monoisotopic (exact) mass is 229 g/mol. The van der Waals surface area contributed by atoms with Gasteiger partial charge in [-0.25, -0.2) is 0 Å². The molecule has 0 radical (unpaired) electrons. The molecule has 1 rings (SSSR count). The van der Waals surface area contributed by atoms with Gasteiger partial charge in [-0.2, -0.15) is 4.37 Å². The third-order valence-corrected chi connectivity index (χ3v) is 2.64. The van der Waals surface area contributed by atoms with Crippen LogP contribution in [0.4, 0.5) is 5.69 Å². The van der Waals surface area contributed by atoms with Gasteiger partial charge in [-0.3, -0.25) is 0 Å². The van der Waals surface area contributed by atoms with Gasteiger partial charge in [-0.1, -0.05) is 13.8 Å². The third kappa shape index (κ3) is 3.59. The summed E-state index contributed by atoms with van der Waals surface area (Å²) < 4.78 is 4.16. The molecule has 0 saturated heterocycles. The number of anilines is 1. The van der Waals surface area contributed by atoms with Crippen molar-refractivity contribution in [2.45, 2.75) is 20.8 Å². The molecular formula is C9H15N3S2. The number of hydrogen-bond donors (Lipinski definition) is 2. The van der Waals surface area contributed by atoms with E-state index in [1.165, 1.54) is 11.5 Å². The van der Waals surface area contributed by atoms with Gasteiger partial charge in [-0.05, 0) is 36.6 Å². The second-order valence-electron chi connectivity index (χ2n) is 3.54.